The first-order valence-electron chi connectivity index (χ1n) is 6.17. The molecule has 1 fully saturated rings. The van der Waals surface area contributed by atoms with Crippen LogP contribution in [0.5, 0.6) is 0 Å². The third-order valence-electron chi connectivity index (χ3n) is 4.02. The van der Waals surface area contributed by atoms with E-state index in [2.05, 4.69) is 37.7 Å². The third kappa shape index (κ3) is 2.71. The first kappa shape index (κ1) is 12.9. The standard InChI is InChI=1S/C12H27N3/c1-5-6-11(2)15(4)12(9-13)7-8-14(3)10-12/h11H,5-10,13H2,1-4H3. The Kier molecular flexibility index (Phi) is 4.56. The summed E-state index contributed by atoms with van der Waals surface area (Å²) in [7, 11) is 4.43. The fraction of sp³-hybridized carbons (Fsp3) is 1.00. The van der Waals surface area contributed by atoms with Crippen LogP contribution >= 0.6 is 0 Å². The molecule has 0 bridgehead atoms. The van der Waals surface area contributed by atoms with E-state index in [1.807, 2.05) is 0 Å². The van der Waals surface area contributed by atoms with Crippen LogP contribution in [0.2, 0.25) is 0 Å². The Balaban J connectivity index is 2.65. The average Bonchev–Trinajstić information content (AvgIpc) is 2.60. The van der Waals surface area contributed by atoms with Gasteiger partial charge in [-0.25, -0.2) is 0 Å². The van der Waals surface area contributed by atoms with Crippen molar-refractivity contribution in [2.75, 3.05) is 33.7 Å². The Labute approximate surface area is 94.6 Å². The van der Waals surface area contributed by atoms with Gasteiger partial charge >= 0.3 is 0 Å². The smallest absolute Gasteiger partial charge is 0.0470 e. The Morgan fingerprint density at radius 3 is 2.60 bits per heavy atom. The van der Waals surface area contributed by atoms with E-state index in [-0.39, 0.29) is 5.54 Å². The van der Waals surface area contributed by atoms with Crippen molar-refractivity contribution in [3.63, 3.8) is 0 Å². The van der Waals surface area contributed by atoms with E-state index in [0.29, 0.717) is 6.04 Å². The van der Waals surface area contributed by atoms with Crippen LogP contribution in [0, 0.1) is 0 Å². The predicted octanol–water partition coefficient (Wildman–Crippen LogP) is 1.14. The molecule has 2 atom stereocenters. The van der Waals surface area contributed by atoms with Crippen LogP contribution in [0.15, 0.2) is 0 Å². The molecule has 1 saturated heterocycles. The lowest BCUT2D eigenvalue weighted by atomic mass is 9.94. The van der Waals surface area contributed by atoms with Crippen LogP contribution in [0.4, 0.5) is 0 Å². The lowest BCUT2D eigenvalue weighted by Gasteiger charge is -2.41. The van der Waals surface area contributed by atoms with E-state index in [0.717, 1.165) is 13.1 Å². The third-order valence-corrected chi connectivity index (χ3v) is 4.02. The molecular formula is C12H27N3. The Bertz CT molecular complexity index is 195. The fourth-order valence-corrected chi connectivity index (χ4v) is 2.74. The van der Waals surface area contributed by atoms with Crippen molar-refractivity contribution in [1.29, 1.82) is 0 Å². The molecule has 0 radical (unpaired) electrons. The molecule has 0 saturated carbocycles. The minimum atomic E-state index is 0.226. The van der Waals surface area contributed by atoms with Gasteiger partial charge < -0.3 is 10.6 Å². The predicted molar refractivity (Wildman–Crippen MR) is 66.0 cm³/mol. The number of nitrogens with two attached hydrogens (primary N) is 1. The molecule has 0 aliphatic carbocycles. The summed E-state index contributed by atoms with van der Waals surface area (Å²) in [5, 5.41) is 0. The molecule has 15 heavy (non-hydrogen) atoms. The maximum absolute atomic E-state index is 6.00. The van der Waals surface area contributed by atoms with Crippen LogP contribution < -0.4 is 5.73 Å². The number of nitrogens with zero attached hydrogens (tertiary/aromatic N) is 2. The van der Waals surface area contributed by atoms with Crippen molar-refractivity contribution in [3.05, 3.63) is 0 Å². The molecule has 0 spiro atoms. The molecule has 0 aromatic heterocycles. The summed E-state index contributed by atoms with van der Waals surface area (Å²) < 4.78 is 0. The first-order valence-corrected chi connectivity index (χ1v) is 6.17. The highest BCUT2D eigenvalue weighted by atomic mass is 15.3. The fourth-order valence-electron chi connectivity index (χ4n) is 2.74. The zero-order valence-electron chi connectivity index (χ0n) is 10.8. The van der Waals surface area contributed by atoms with Crippen LogP contribution in [-0.4, -0.2) is 55.1 Å². The summed E-state index contributed by atoms with van der Waals surface area (Å²) in [4.78, 5) is 4.90. The summed E-state index contributed by atoms with van der Waals surface area (Å²) >= 11 is 0. The second-order valence-corrected chi connectivity index (χ2v) is 5.16. The molecule has 1 aliphatic rings. The van der Waals surface area contributed by atoms with Gasteiger partial charge in [0.15, 0.2) is 0 Å². The first-order chi connectivity index (χ1) is 7.05. The number of hydrogen-bond donors (Lipinski definition) is 1. The molecule has 2 unspecified atom stereocenters. The second-order valence-electron chi connectivity index (χ2n) is 5.16. The summed E-state index contributed by atoms with van der Waals surface area (Å²) in [6.45, 7) is 7.65. The van der Waals surface area contributed by atoms with Gasteiger partial charge in [-0.05, 0) is 40.4 Å². The van der Waals surface area contributed by atoms with E-state index in [4.69, 9.17) is 5.73 Å². The van der Waals surface area contributed by atoms with Crippen molar-refractivity contribution >= 4 is 0 Å². The molecular weight excluding hydrogens is 186 g/mol. The van der Waals surface area contributed by atoms with E-state index in [1.165, 1.54) is 25.8 Å². The van der Waals surface area contributed by atoms with E-state index < -0.39 is 0 Å². The lowest BCUT2D eigenvalue weighted by molar-refractivity contribution is 0.0876. The largest absolute Gasteiger partial charge is 0.329 e. The highest BCUT2D eigenvalue weighted by Crippen LogP contribution is 2.27. The Hall–Kier alpha value is -0.120. The molecule has 2 N–H and O–H groups in total. The minimum Gasteiger partial charge on any atom is -0.329 e. The molecule has 3 nitrogen and oxygen atoms in total. The number of rotatable bonds is 5. The van der Waals surface area contributed by atoms with Crippen LogP contribution in [0.3, 0.4) is 0 Å². The van der Waals surface area contributed by atoms with Crippen molar-refractivity contribution in [1.82, 2.24) is 9.80 Å². The van der Waals surface area contributed by atoms with E-state index >= 15 is 0 Å². The van der Waals surface area contributed by atoms with Crippen molar-refractivity contribution in [2.45, 2.75) is 44.7 Å². The lowest BCUT2D eigenvalue weighted by Crippen LogP contribution is -2.56. The summed E-state index contributed by atoms with van der Waals surface area (Å²) in [6, 6.07) is 0.644. The normalized spacial score (nSPS) is 30.0. The number of hydrogen-bond acceptors (Lipinski definition) is 3. The molecule has 0 amide bonds. The van der Waals surface area contributed by atoms with Gasteiger partial charge in [-0.3, -0.25) is 4.90 Å². The van der Waals surface area contributed by atoms with Crippen molar-refractivity contribution in [2.24, 2.45) is 5.73 Å². The van der Waals surface area contributed by atoms with Gasteiger partial charge in [0.2, 0.25) is 0 Å². The molecule has 1 aliphatic heterocycles. The maximum Gasteiger partial charge on any atom is 0.0470 e. The Morgan fingerprint density at radius 1 is 1.53 bits per heavy atom. The number of likely N-dealkylation sites (N-methyl/N-ethyl adjacent to an activating group) is 2. The van der Waals surface area contributed by atoms with Crippen LogP contribution in [0.1, 0.15) is 33.1 Å². The van der Waals surface area contributed by atoms with Crippen LogP contribution in [0.25, 0.3) is 0 Å². The molecule has 90 valence electrons. The second kappa shape index (κ2) is 5.28. The van der Waals surface area contributed by atoms with Gasteiger partial charge in [0.05, 0.1) is 0 Å². The molecule has 1 rings (SSSR count). The molecule has 3 heteroatoms. The summed E-state index contributed by atoms with van der Waals surface area (Å²) in [5.74, 6) is 0. The van der Waals surface area contributed by atoms with E-state index in [9.17, 15) is 0 Å². The summed E-state index contributed by atoms with van der Waals surface area (Å²) in [5.41, 5.74) is 6.22. The summed E-state index contributed by atoms with van der Waals surface area (Å²) in [6.07, 6.45) is 3.73. The molecule has 1 heterocycles. The van der Waals surface area contributed by atoms with E-state index in [1.54, 1.807) is 0 Å². The van der Waals surface area contributed by atoms with Gasteiger partial charge in [-0.2, -0.15) is 0 Å². The van der Waals surface area contributed by atoms with Gasteiger partial charge in [0.25, 0.3) is 0 Å². The van der Waals surface area contributed by atoms with Crippen molar-refractivity contribution < 1.29 is 0 Å². The van der Waals surface area contributed by atoms with Crippen molar-refractivity contribution in [3.8, 4) is 0 Å². The van der Waals surface area contributed by atoms with Crippen LogP contribution in [-0.2, 0) is 0 Å². The average molecular weight is 213 g/mol. The SMILES string of the molecule is CCCC(C)N(C)C1(CN)CCN(C)C1. The molecule has 0 aromatic rings. The highest BCUT2D eigenvalue weighted by molar-refractivity contribution is 4.99. The van der Waals surface area contributed by atoms with Gasteiger partial charge in [-0.1, -0.05) is 13.3 Å². The zero-order chi connectivity index (χ0) is 11.5. The minimum absolute atomic E-state index is 0.226. The number of likely N-dealkylation sites (tertiary alicyclic amines) is 1. The topological polar surface area (TPSA) is 32.5 Å². The van der Waals surface area contributed by atoms with Gasteiger partial charge in [0.1, 0.15) is 0 Å². The van der Waals surface area contributed by atoms with Gasteiger partial charge in [0, 0.05) is 24.7 Å². The highest BCUT2D eigenvalue weighted by Gasteiger charge is 2.40. The van der Waals surface area contributed by atoms with Gasteiger partial charge in [-0.15, -0.1) is 0 Å². The molecule has 0 aromatic carbocycles. The Morgan fingerprint density at radius 2 is 2.20 bits per heavy atom. The maximum atomic E-state index is 6.00. The quantitative estimate of drug-likeness (QED) is 0.743. The monoisotopic (exact) mass is 213 g/mol. The zero-order valence-corrected chi connectivity index (χ0v) is 10.8.